The van der Waals surface area contributed by atoms with Crippen molar-refractivity contribution in [2.45, 2.75) is 39.0 Å². The molecule has 0 saturated carbocycles. The minimum absolute atomic E-state index is 0.00490. The van der Waals surface area contributed by atoms with Crippen LogP contribution in [0.25, 0.3) is 0 Å². The predicted octanol–water partition coefficient (Wildman–Crippen LogP) is 1.49. The summed E-state index contributed by atoms with van der Waals surface area (Å²) >= 11 is 0. The van der Waals surface area contributed by atoms with E-state index in [2.05, 4.69) is 5.32 Å². The lowest BCUT2D eigenvalue weighted by atomic mass is 10.0. The van der Waals surface area contributed by atoms with Gasteiger partial charge in [0.05, 0.1) is 13.7 Å². The van der Waals surface area contributed by atoms with Crippen LogP contribution in [0.2, 0.25) is 0 Å². The van der Waals surface area contributed by atoms with Crippen LogP contribution in [0.4, 0.5) is 0 Å². The first-order valence-electron chi connectivity index (χ1n) is 6.60. The first-order chi connectivity index (χ1) is 9.41. The Balaban J connectivity index is 2.72. The van der Waals surface area contributed by atoms with Crippen LogP contribution in [-0.4, -0.2) is 36.4 Å². The van der Waals surface area contributed by atoms with Crippen molar-refractivity contribution in [3.63, 3.8) is 0 Å². The number of hydrogen-bond acceptors (Lipinski definition) is 5. The summed E-state index contributed by atoms with van der Waals surface area (Å²) in [5.41, 5.74) is -0.0909. The third-order valence-corrected chi connectivity index (χ3v) is 2.88. The zero-order chi connectivity index (χ0) is 15.2. The Morgan fingerprint density at radius 3 is 2.40 bits per heavy atom. The van der Waals surface area contributed by atoms with Crippen molar-refractivity contribution in [3.8, 4) is 5.75 Å². The van der Waals surface area contributed by atoms with Gasteiger partial charge in [0.25, 0.3) is 0 Å². The van der Waals surface area contributed by atoms with Crippen molar-refractivity contribution < 1.29 is 19.4 Å². The molecule has 0 aliphatic heterocycles. The number of carbonyl (C=O) groups excluding carboxylic acids is 1. The van der Waals surface area contributed by atoms with Gasteiger partial charge in [0.15, 0.2) is 0 Å². The van der Waals surface area contributed by atoms with Crippen LogP contribution in [0, 0.1) is 0 Å². The van der Waals surface area contributed by atoms with Gasteiger partial charge in [-0.3, -0.25) is 5.32 Å². The average molecular weight is 281 g/mol. The lowest BCUT2D eigenvalue weighted by Crippen LogP contribution is -2.56. The third-order valence-electron chi connectivity index (χ3n) is 2.88. The zero-order valence-corrected chi connectivity index (χ0v) is 12.5. The van der Waals surface area contributed by atoms with Crippen molar-refractivity contribution >= 4 is 5.97 Å². The maximum absolute atomic E-state index is 11.9. The highest BCUT2D eigenvalue weighted by Crippen LogP contribution is 2.16. The number of nitrogens with one attached hydrogen (secondary N) is 1. The number of hydrogen-bond donors (Lipinski definition) is 2. The molecule has 0 radical (unpaired) electrons. The van der Waals surface area contributed by atoms with Gasteiger partial charge in [-0.15, -0.1) is 0 Å². The van der Waals surface area contributed by atoms with E-state index in [9.17, 15) is 4.79 Å². The van der Waals surface area contributed by atoms with Gasteiger partial charge in [-0.25, -0.2) is 4.79 Å². The van der Waals surface area contributed by atoms with Gasteiger partial charge in [0, 0.05) is 6.04 Å². The van der Waals surface area contributed by atoms with Crippen LogP contribution in [0.3, 0.4) is 0 Å². The maximum Gasteiger partial charge on any atom is 0.329 e. The molecule has 1 rings (SSSR count). The molecule has 0 heterocycles. The van der Waals surface area contributed by atoms with Crippen LogP contribution in [0.1, 0.15) is 26.3 Å². The van der Waals surface area contributed by atoms with E-state index in [0.717, 1.165) is 5.56 Å². The van der Waals surface area contributed by atoms with Gasteiger partial charge >= 0.3 is 5.97 Å². The van der Waals surface area contributed by atoms with E-state index in [0.29, 0.717) is 5.75 Å². The summed E-state index contributed by atoms with van der Waals surface area (Å²) in [5, 5.41) is 12.1. The van der Waals surface area contributed by atoms with Crippen molar-refractivity contribution in [2.75, 3.05) is 13.7 Å². The number of ether oxygens (including phenoxy) is 2. The van der Waals surface area contributed by atoms with Crippen molar-refractivity contribution in [1.82, 2.24) is 5.32 Å². The molecule has 1 aromatic rings. The number of esters is 1. The monoisotopic (exact) mass is 281 g/mol. The summed E-state index contributed by atoms with van der Waals surface area (Å²) in [6.07, 6.45) is 0. The molecule has 0 aliphatic carbocycles. The molecule has 0 amide bonds. The van der Waals surface area contributed by atoms with E-state index < -0.39 is 5.54 Å². The molecule has 5 nitrogen and oxygen atoms in total. The molecule has 0 aromatic heterocycles. The quantitative estimate of drug-likeness (QED) is 0.741. The van der Waals surface area contributed by atoms with Gasteiger partial charge in [0.2, 0.25) is 0 Å². The van der Waals surface area contributed by atoms with Crippen LogP contribution < -0.4 is 10.1 Å². The molecule has 0 saturated heterocycles. The molecule has 20 heavy (non-hydrogen) atoms. The first kappa shape index (κ1) is 16.5. The minimum atomic E-state index is -0.904. The van der Waals surface area contributed by atoms with E-state index >= 15 is 0 Å². The number of aliphatic hydroxyl groups is 1. The third kappa shape index (κ3) is 4.51. The molecular formula is C15H23NO4. The maximum atomic E-state index is 11.9. The highest BCUT2D eigenvalue weighted by molar-refractivity contribution is 5.80. The lowest BCUT2D eigenvalue weighted by Gasteiger charge is -2.30. The molecule has 0 spiro atoms. The van der Waals surface area contributed by atoms with Gasteiger partial charge in [-0.05, 0) is 38.5 Å². The van der Waals surface area contributed by atoms with E-state index in [-0.39, 0.29) is 25.2 Å². The number of aliphatic hydroxyl groups excluding tert-OH is 1. The fourth-order valence-electron chi connectivity index (χ4n) is 1.94. The lowest BCUT2D eigenvalue weighted by molar-refractivity contribution is -0.149. The molecule has 1 atom stereocenters. The highest BCUT2D eigenvalue weighted by Gasteiger charge is 2.35. The Labute approximate surface area is 119 Å². The van der Waals surface area contributed by atoms with Crippen molar-refractivity contribution in [2.24, 2.45) is 0 Å². The Kier molecular flexibility index (Phi) is 5.98. The molecule has 0 aliphatic rings. The standard InChI is InChI=1S/C15H23NO4/c1-11(2)16-15(3,14(18)19-4)10-20-13-7-5-12(9-17)6-8-13/h5-8,11,16-17H,9-10H2,1-4H3. The molecule has 0 fully saturated rings. The molecule has 5 heteroatoms. The second-order valence-electron chi connectivity index (χ2n) is 5.21. The number of benzene rings is 1. The molecule has 112 valence electrons. The summed E-state index contributed by atoms with van der Waals surface area (Å²) in [7, 11) is 1.36. The topological polar surface area (TPSA) is 67.8 Å². The van der Waals surface area contributed by atoms with Crippen LogP contribution in [0.5, 0.6) is 5.75 Å². The number of rotatable bonds is 7. The molecule has 1 unspecified atom stereocenters. The van der Waals surface area contributed by atoms with Gasteiger partial charge in [-0.2, -0.15) is 0 Å². The first-order valence-corrected chi connectivity index (χ1v) is 6.60. The Morgan fingerprint density at radius 2 is 1.95 bits per heavy atom. The number of carbonyl (C=O) groups is 1. The van der Waals surface area contributed by atoms with Crippen LogP contribution in [0.15, 0.2) is 24.3 Å². The molecular weight excluding hydrogens is 258 g/mol. The Morgan fingerprint density at radius 1 is 1.35 bits per heavy atom. The molecule has 2 N–H and O–H groups in total. The average Bonchev–Trinajstić information content (AvgIpc) is 2.44. The minimum Gasteiger partial charge on any atom is -0.491 e. The van der Waals surface area contributed by atoms with Gasteiger partial charge in [-0.1, -0.05) is 12.1 Å². The predicted molar refractivity (Wildman–Crippen MR) is 76.6 cm³/mol. The second kappa shape index (κ2) is 7.26. The van der Waals surface area contributed by atoms with Crippen LogP contribution >= 0.6 is 0 Å². The fraction of sp³-hybridized carbons (Fsp3) is 0.533. The van der Waals surface area contributed by atoms with Crippen molar-refractivity contribution in [3.05, 3.63) is 29.8 Å². The van der Waals surface area contributed by atoms with E-state index in [4.69, 9.17) is 14.6 Å². The SMILES string of the molecule is COC(=O)C(C)(COc1ccc(CO)cc1)NC(C)C. The van der Waals surface area contributed by atoms with E-state index in [1.54, 1.807) is 31.2 Å². The summed E-state index contributed by atoms with van der Waals surface area (Å²) in [5.74, 6) is 0.279. The largest absolute Gasteiger partial charge is 0.491 e. The van der Waals surface area contributed by atoms with Crippen molar-refractivity contribution in [1.29, 1.82) is 0 Å². The zero-order valence-electron chi connectivity index (χ0n) is 12.5. The normalized spacial score (nSPS) is 13.9. The summed E-state index contributed by atoms with van der Waals surface area (Å²) in [6, 6.07) is 7.21. The number of methoxy groups -OCH3 is 1. The summed E-state index contributed by atoms with van der Waals surface area (Å²) in [6.45, 7) is 5.82. The Bertz CT molecular complexity index is 430. The van der Waals surface area contributed by atoms with Gasteiger partial charge in [0.1, 0.15) is 17.9 Å². The van der Waals surface area contributed by atoms with Crippen LogP contribution in [-0.2, 0) is 16.1 Å². The molecule has 0 bridgehead atoms. The second-order valence-corrected chi connectivity index (χ2v) is 5.21. The fourth-order valence-corrected chi connectivity index (χ4v) is 1.94. The van der Waals surface area contributed by atoms with E-state index in [1.165, 1.54) is 7.11 Å². The smallest absolute Gasteiger partial charge is 0.329 e. The summed E-state index contributed by atoms with van der Waals surface area (Å²) in [4.78, 5) is 11.9. The summed E-state index contributed by atoms with van der Waals surface area (Å²) < 4.78 is 10.5. The van der Waals surface area contributed by atoms with E-state index in [1.807, 2.05) is 13.8 Å². The van der Waals surface area contributed by atoms with Gasteiger partial charge < -0.3 is 14.6 Å². The Hall–Kier alpha value is -1.59. The highest BCUT2D eigenvalue weighted by atomic mass is 16.5. The molecule has 1 aromatic carbocycles.